The summed E-state index contributed by atoms with van der Waals surface area (Å²) in [7, 11) is 0. The third kappa shape index (κ3) is 6.15. The van der Waals surface area contributed by atoms with E-state index in [9.17, 15) is 29.4 Å². The molecule has 1 fully saturated rings. The molecule has 2 heterocycles. The van der Waals surface area contributed by atoms with Crippen LogP contribution < -0.4 is 16.0 Å². The van der Waals surface area contributed by atoms with Crippen molar-refractivity contribution in [1.82, 2.24) is 9.78 Å². The molecule has 3 rings (SSSR count). The number of nitrogens with zero attached hydrogens (tertiary/aromatic N) is 3. The molecule has 12 nitrogen and oxygen atoms in total. The molecule has 2 atom stereocenters. The number of anilines is 2. The molecule has 0 aliphatic carbocycles. The van der Waals surface area contributed by atoms with E-state index in [1.807, 2.05) is 22.6 Å². The largest absolute Gasteiger partial charge is 0.481 e. The summed E-state index contributed by atoms with van der Waals surface area (Å²) >= 11 is 1.99. The Morgan fingerprint density at radius 1 is 1.34 bits per heavy atom. The Hall–Kier alpha value is -3.04. The molecular weight excluding hydrogens is 573 g/mol. The predicted molar refractivity (Wildman–Crippen MR) is 133 cm³/mol. The zero-order chi connectivity index (χ0) is 25.9. The number of aliphatic carboxylic acids is 1. The molecule has 1 saturated heterocycles. The number of aliphatic hydroxyl groups is 1. The molecule has 0 radical (unpaired) electrons. The van der Waals surface area contributed by atoms with Crippen molar-refractivity contribution in [3.8, 4) is 0 Å². The Kier molecular flexibility index (Phi) is 8.12. The van der Waals surface area contributed by atoms with Gasteiger partial charge in [0.05, 0.1) is 29.8 Å². The second-order valence-corrected chi connectivity index (χ2v) is 9.89. The van der Waals surface area contributed by atoms with Gasteiger partial charge in [-0.2, -0.15) is 5.10 Å². The maximum atomic E-state index is 13.0. The summed E-state index contributed by atoms with van der Waals surface area (Å²) in [6.45, 7) is 3.76. The Labute approximate surface area is 214 Å². The third-order valence-corrected chi connectivity index (χ3v) is 6.30. The number of ether oxygens (including phenoxy) is 1. The maximum absolute atomic E-state index is 13.0. The number of rotatable bonds is 9. The topological polar surface area (TPSA) is 177 Å². The molecule has 0 bridgehead atoms. The van der Waals surface area contributed by atoms with Crippen LogP contribution in [0.2, 0.25) is 0 Å². The first-order valence-corrected chi connectivity index (χ1v) is 11.8. The minimum absolute atomic E-state index is 0.0513. The molecule has 1 aromatic heterocycles. The highest BCUT2D eigenvalue weighted by atomic mass is 127. The Balaban J connectivity index is 1.69. The van der Waals surface area contributed by atoms with Crippen molar-refractivity contribution < 1.29 is 34.1 Å². The Morgan fingerprint density at radius 2 is 2.06 bits per heavy atom. The Morgan fingerprint density at radius 3 is 2.71 bits per heavy atom. The first-order chi connectivity index (χ1) is 16.4. The van der Waals surface area contributed by atoms with Gasteiger partial charge in [-0.25, -0.2) is 0 Å². The van der Waals surface area contributed by atoms with E-state index in [1.54, 1.807) is 32.2 Å². The second-order valence-electron chi connectivity index (χ2n) is 8.65. The summed E-state index contributed by atoms with van der Waals surface area (Å²) in [4.78, 5) is 50.0. The van der Waals surface area contributed by atoms with Gasteiger partial charge < -0.3 is 26.0 Å². The number of primary amides is 1. The summed E-state index contributed by atoms with van der Waals surface area (Å²) in [5.41, 5.74) is 4.59. The monoisotopic (exact) mass is 599 g/mol. The number of benzene rings is 1. The molecule has 1 unspecified atom stereocenters. The minimum Gasteiger partial charge on any atom is -0.481 e. The van der Waals surface area contributed by atoms with Crippen LogP contribution in [0, 0.1) is 8.99 Å². The van der Waals surface area contributed by atoms with Gasteiger partial charge in [0.2, 0.25) is 0 Å². The number of amides is 3. The quantitative estimate of drug-likeness (QED) is 0.306. The average molecular weight is 599 g/mol. The fourth-order valence-electron chi connectivity index (χ4n) is 3.35. The van der Waals surface area contributed by atoms with Gasteiger partial charge in [-0.15, -0.1) is 0 Å². The third-order valence-electron chi connectivity index (χ3n) is 5.63. The van der Waals surface area contributed by atoms with Crippen molar-refractivity contribution in [2.75, 3.05) is 23.4 Å². The number of aliphatic hydroxyl groups excluding tert-OH is 1. The first kappa shape index (κ1) is 26.6. The number of aromatic nitrogens is 2. The van der Waals surface area contributed by atoms with Gasteiger partial charge in [-0.3, -0.25) is 28.8 Å². The number of aryl methyl sites for hydroxylation is 1. The summed E-state index contributed by atoms with van der Waals surface area (Å²) < 4.78 is 7.65. The SMILES string of the molecule is CC(C)(CCn1ccc(N2CCOC([C@@H](O)C(=O)Nc3ccc(I)cc3C(N)=O)C2=O)n1)C(=O)O. The van der Waals surface area contributed by atoms with Crippen LogP contribution in [0.5, 0.6) is 0 Å². The van der Waals surface area contributed by atoms with E-state index in [2.05, 4.69) is 10.4 Å². The van der Waals surface area contributed by atoms with Gasteiger partial charge in [-0.1, -0.05) is 0 Å². The smallest absolute Gasteiger partial charge is 0.309 e. The van der Waals surface area contributed by atoms with Gasteiger partial charge in [-0.05, 0) is 61.1 Å². The fraction of sp³-hybridized carbons (Fsp3) is 0.409. The van der Waals surface area contributed by atoms with Crippen molar-refractivity contribution in [2.45, 2.75) is 39.0 Å². The number of carboxylic acid groups (broad SMARTS) is 1. The summed E-state index contributed by atoms with van der Waals surface area (Å²) in [6.07, 6.45) is -1.39. The van der Waals surface area contributed by atoms with E-state index in [0.29, 0.717) is 13.0 Å². The summed E-state index contributed by atoms with van der Waals surface area (Å²) in [5.74, 6) is -2.98. The van der Waals surface area contributed by atoms with E-state index in [0.717, 1.165) is 3.57 Å². The molecular formula is C22H26IN5O7. The predicted octanol–water partition coefficient (Wildman–Crippen LogP) is 0.819. The van der Waals surface area contributed by atoms with Gasteiger partial charge in [0, 0.05) is 22.4 Å². The number of morpholine rings is 1. The lowest BCUT2D eigenvalue weighted by molar-refractivity contribution is -0.150. The lowest BCUT2D eigenvalue weighted by atomic mass is 9.90. The van der Waals surface area contributed by atoms with Gasteiger partial charge in [0.1, 0.15) is 0 Å². The van der Waals surface area contributed by atoms with Crippen LogP contribution in [-0.4, -0.2) is 69.0 Å². The number of nitrogens with two attached hydrogens (primary N) is 1. The van der Waals surface area contributed by atoms with E-state index in [-0.39, 0.29) is 30.2 Å². The normalized spacial score (nSPS) is 17.2. The highest BCUT2D eigenvalue weighted by Gasteiger charge is 2.40. The Bertz CT molecular complexity index is 1150. The van der Waals surface area contributed by atoms with Crippen molar-refractivity contribution >= 4 is 57.8 Å². The number of hydrogen-bond donors (Lipinski definition) is 4. The van der Waals surface area contributed by atoms with Crippen molar-refractivity contribution in [3.05, 3.63) is 39.6 Å². The van der Waals surface area contributed by atoms with Crippen LogP contribution in [0.1, 0.15) is 30.6 Å². The van der Waals surface area contributed by atoms with Crippen LogP contribution in [0.3, 0.4) is 0 Å². The molecule has 13 heteroatoms. The minimum atomic E-state index is -1.86. The van der Waals surface area contributed by atoms with Gasteiger partial charge in [0.15, 0.2) is 18.0 Å². The number of carbonyl (C=O) groups is 4. The van der Waals surface area contributed by atoms with E-state index in [1.165, 1.54) is 21.7 Å². The number of halogens is 1. The highest BCUT2D eigenvalue weighted by Crippen LogP contribution is 2.24. The molecule has 1 aliphatic heterocycles. The van der Waals surface area contributed by atoms with Crippen molar-refractivity contribution in [3.63, 3.8) is 0 Å². The average Bonchev–Trinajstić information content (AvgIpc) is 3.27. The van der Waals surface area contributed by atoms with Crippen molar-refractivity contribution in [1.29, 1.82) is 0 Å². The molecule has 1 aromatic carbocycles. The standard InChI is InChI=1S/C22H26IN5O7/c1-22(2,21(33)34)6-8-27-7-5-15(26-27)28-9-10-35-17(20(28)32)16(29)19(31)25-14-4-3-12(23)11-13(14)18(24)30/h3-5,7,11,16-17,29H,6,8-10H2,1-2H3,(H2,24,30)(H,25,31)(H,33,34)/t16-,17?/m1/s1. The molecule has 188 valence electrons. The maximum Gasteiger partial charge on any atom is 0.309 e. The molecule has 0 spiro atoms. The van der Waals surface area contributed by atoms with Crippen LogP contribution in [0.25, 0.3) is 0 Å². The number of hydrogen-bond acceptors (Lipinski definition) is 7. The number of nitrogens with one attached hydrogen (secondary N) is 1. The fourth-order valence-corrected chi connectivity index (χ4v) is 3.84. The summed E-state index contributed by atoms with van der Waals surface area (Å²) in [5, 5.41) is 26.6. The lowest BCUT2D eigenvalue weighted by Gasteiger charge is -2.32. The molecule has 1 aliphatic rings. The molecule has 35 heavy (non-hydrogen) atoms. The molecule has 3 amide bonds. The molecule has 5 N–H and O–H groups in total. The van der Waals surface area contributed by atoms with Gasteiger partial charge in [0.25, 0.3) is 17.7 Å². The first-order valence-electron chi connectivity index (χ1n) is 10.7. The van der Waals surface area contributed by atoms with Crippen LogP contribution >= 0.6 is 22.6 Å². The van der Waals surface area contributed by atoms with E-state index >= 15 is 0 Å². The van der Waals surface area contributed by atoms with Crippen LogP contribution in [0.4, 0.5) is 11.5 Å². The zero-order valence-corrected chi connectivity index (χ0v) is 21.3. The number of carbonyl (C=O) groups excluding carboxylic acids is 3. The molecule has 2 aromatic rings. The van der Waals surface area contributed by atoms with E-state index < -0.39 is 41.3 Å². The van der Waals surface area contributed by atoms with Crippen molar-refractivity contribution in [2.24, 2.45) is 11.1 Å². The highest BCUT2D eigenvalue weighted by molar-refractivity contribution is 14.1. The summed E-state index contributed by atoms with van der Waals surface area (Å²) in [6, 6.07) is 6.20. The second kappa shape index (κ2) is 10.7. The zero-order valence-electron chi connectivity index (χ0n) is 19.1. The van der Waals surface area contributed by atoms with Crippen LogP contribution in [0.15, 0.2) is 30.5 Å². The van der Waals surface area contributed by atoms with E-state index in [4.69, 9.17) is 10.5 Å². The lowest BCUT2D eigenvalue weighted by Crippen LogP contribution is -2.55. The van der Waals surface area contributed by atoms with Gasteiger partial charge >= 0.3 is 5.97 Å². The molecule has 0 saturated carbocycles. The van der Waals surface area contributed by atoms with Crippen LogP contribution in [-0.2, 0) is 25.7 Å². The number of carboxylic acids is 1.